The Kier molecular flexibility index (Phi) is 7.02. The molecule has 0 amide bonds. The van der Waals surface area contributed by atoms with Gasteiger partial charge in [-0.2, -0.15) is 8.78 Å². The fourth-order valence-electron chi connectivity index (χ4n) is 2.88. The summed E-state index contributed by atoms with van der Waals surface area (Å²) in [5.74, 6) is 0.314. The van der Waals surface area contributed by atoms with Crippen molar-refractivity contribution in [1.29, 1.82) is 0 Å². The van der Waals surface area contributed by atoms with Crippen molar-refractivity contribution in [3.05, 3.63) is 23.8 Å². The third-order valence-corrected chi connectivity index (χ3v) is 4.57. The van der Waals surface area contributed by atoms with Crippen LogP contribution in [0.3, 0.4) is 0 Å². The molecule has 1 aromatic carbocycles. The smallest absolute Gasteiger partial charge is 0.387 e. The molecule has 0 unspecified atom stereocenters. The van der Waals surface area contributed by atoms with Crippen LogP contribution in [0.4, 0.5) is 8.78 Å². The maximum Gasteiger partial charge on any atom is 0.387 e. The SMILES string of the molecule is COc1cc(CN(C)C(=S)NC2CCCCC2)ccc1OC(F)F. The van der Waals surface area contributed by atoms with Crippen LogP contribution >= 0.6 is 12.2 Å². The van der Waals surface area contributed by atoms with Gasteiger partial charge in [-0.05, 0) is 42.8 Å². The van der Waals surface area contributed by atoms with Crippen molar-refractivity contribution in [1.82, 2.24) is 10.2 Å². The van der Waals surface area contributed by atoms with Gasteiger partial charge in [0.2, 0.25) is 0 Å². The Morgan fingerprint density at radius 1 is 1.29 bits per heavy atom. The Bertz CT molecular complexity index is 551. The molecule has 1 aliphatic carbocycles. The van der Waals surface area contributed by atoms with Crippen LogP contribution < -0.4 is 14.8 Å². The first-order valence-electron chi connectivity index (χ1n) is 8.13. The van der Waals surface area contributed by atoms with E-state index in [1.54, 1.807) is 12.1 Å². The highest BCUT2D eigenvalue weighted by molar-refractivity contribution is 7.80. The second-order valence-corrected chi connectivity index (χ2v) is 6.39. The number of thiocarbonyl (C=S) groups is 1. The maximum absolute atomic E-state index is 12.4. The van der Waals surface area contributed by atoms with E-state index in [0.717, 1.165) is 18.4 Å². The number of alkyl halides is 2. The minimum absolute atomic E-state index is 0.0295. The normalized spacial score (nSPS) is 15.2. The minimum atomic E-state index is -2.88. The largest absolute Gasteiger partial charge is 0.493 e. The van der Waals surface area contributed by atoms with E-state index < -0.39 is 6.61 Å². The fraction of sp³-hybridized carbons (Fsp3) is 0.588. The minimum Gasteiger partial charge on any atom is -0.493 e. The highest BCUT2D eigenvalue weighted by Crippen LogP contribution is 2.29. The molecule has 24 heavy (non-hydrogen) atoms. The van der Waals surface area contributed by atoms with Gasteiger partial charge in [0.05, 0.1) is 7.11 Å². The van der Waals surface area contributed by atoms with Crippen LogP contribution in [0.15, 0.2) is 18.2 Å². The predicted molar refractivity (Wildman–Crippen MR) is 93.7 cm³/mol. The third kappa shape index (κ3) is 5.47. The number of methoxy groups -OCH3 is 1. The number of hydrogen-bond acceptors (Lipinski definition) is 3. The second kappa shape index (κ2) is 9.01. The first-order chi connectivity index (χ1) is 11.5. The molecule has 1 fully saturated rings. The molecule has 0 saturated heterocycles. The van der Waals surface area contributed by atoms with Crippen LogP contribution in [0.5, 0.6) is 11.5 Å². The molecular formula is C17H24F2N2O2S. The maximum atomic E-state index is 12.4. The zero-order valence-corrected chi connectivity index (χ0v) is 14.9. The zero-order chi connectivity index (χ0) is 17.5. The lowest BCUT2D eigenvalue weighted by Gasteiger charge is -2.28. The summed E-state index contributed by atoms with van der Waals surface area (Å²) in [7, 11) is 3.34. The molecule has 134 valence electrons. The number of hydrogen-bond donors (Lipinski definition) is 1. The zero-order valence-electron chi connectivity index (χ0n) is 14.1. The molecule has 0 aliphatic heterocycles. The third-order valence-electron chi connectivity index (χ3n) is 4.14. The molecule has 0 bridgehead atoms. The van der Waals surface area contributed by atoms with Gasteiger partial charge in [0.1, 0.15) is 0 Å². The van der Waals surface area contributed by atoms with E-state index in [0.29, 0.717) is 17.7 Å². The van der Waals surface area contributed by atoms with Crippen molar-refractivity contribution in [3.8, 4) is 11.5 Å². The standard InChI is InChI=1S/C17H24F2N2O2S/c1-21(17(24)20-13-6-4-3-5-7-13)11-12-8-9-14(23-16(18)19)15(10-12)22-2/h8-10,13,16H,3-7,11H2,1-2H3,(H,20,24). The van der Waals surface area contributed by atoms with Gasteiger partial charge in [-0.15, -0.1) is 0 Å². The van der Waals surface area contributed by atoms with Gasteiger partial charge in [0.15, 0.2) is 16.6 Å². The lowest BCUT2D eigenvalue weighted by atomic mass is 9.96. The Morgan fingerprint density at radius 3 is 2.62 bits per heavy atom. The Morgan fingerprint density at radius 2 is 2.00 bits per heavy atom. The number of nitrogens with zero attached hydrogens (tertiary/aromatic N) is 1. The van der Waals surface area contributed by atoms with Crippen LogP contribution in [0.2, 0.25) is 0 Å². The molecule has 0 spiro atoms. The van der Waals surface area contributed by atoms with E-state index in [1.807, 2.05) is 11.9 Å². The van der Waals surface area contributed by atoms with Gasteiger partial charge in [0.25, 0.3) is 0 Å². The summed E-state index contributed by atoms with van der Waals surface area (Å²) >= 11 is 5.46. The van der Waals surface area contributed by atoms with E-state index in [-0.39, 0.29) is 11.5 Å². The molecule has 4 nitrogen and oxygen atoms in total. The average Bonchev–Trinajstić information content (AvgIpc) is 2.56. The predicted octanol–water partition coefficient (Wildman–Crippen LogP) is 3.94. The second-order valence-electron chi connectivity index (χ2n) is 6.00. The number of ether oxygens (including phenoxy) is 2. The molecule has 7 heteroatoms. The number of halogens is 2. The van der Waals surface area contributed by atoms with E-state index in [1.165, 1.54) is 32.4 Å². The molecule has 0 heterocycles. The molecular weight excluding hydrogens is 334 g/mol. The summed E-state index contributed by atoms with van der Waals surface area (Å²) in [6.07, 6.45) is 6.09. The highest BCUT2D eigenvalue weighted by Gasteiger charge is 2.16. The molecule has 0 atom stereocenters. The quantitative estimate of drug-likeness (QED) is 0.779. The van der Waals surface area contributed by atoms with E-state index in [2.05, 4.69) is 10.1 Å². The van der Waals surface area contributed by atoms with E-state index in [9.17, 15) is 8.78 Å². The van der Waals surface area contributed by atoms with Crippen LogP contribution in [0.25, 0.3) is 0 Å². The van der Waals surface area contributed by atoms with Crippen LogP contribution in [-0.2, 0) is 6.54 Å². The number of benzene rings is 1. The number of nitrogens with one attached hydrogen (secondary N) is 1. The summed E-state index contributed by atoms with van der Waals surface area (Å²) in [4.78, 5) is 1.94. The Balaban J connectivity index is 1.94. The first-order valence-corrected chi connectivity index (χ1v) is 8.53. The molecule has 1 saturated carbocycles. The summed E-state index contributed by atoms with van der Waals surface area (Å²) in [5.41, 5.74) is 0.906. The van der Waals surface area contributed by atoms with Crippen LogP contribution in [0, 0.1) is 0 Å². The van der Waals surface area contributed by atoms with Crippen molar-refractivity contribution in [2.24, 2.45) is 0 Å². The van der Waals surface area contributed by atoms with Gasteiger partial charge in [-0.1, -0.05) is 25.3 Å². The van der Waals surface area contributed by atoms with Gasteiger partial charge >= 0.3 is 6.61 Å². The molecule has 1 N–H and O–H groups in total. The topological polar surface area (TPSA) is 33.7 Å². The van der Waals surface area contributed by atoms with Gasteiger partial charge in [0, 0.05) is 19.6 Å². The Labute approximate surface area is 147 Å². The molecule has 0 aromatic heterocycles. The molecule has 0 radical (unpaired) electrons. The molecule has 2 rings (SSSR count). The fourth-order valence-corrected chi connectivity index (χ4v) is 3.11. The van der Waals surface area contributed by atoms with Crippen LogP contribution in [-0.4, -0.2) is 36.8 Å². The van der Waals surface area contributed by atoms with Gasteiger partial charge in [-0.25, -0.2) is 0 Å². The average molecular weight is 358 g/mol. The lowest BCUT2D eigenvalue weighted by Crippen LogP contribution is -2.43. The van der Waals surface area contributed by atoms with Crippen molar-refractivity contribution in [2.45, 2.75) is 51.3 Å². The molecule has 1 aliphatic rings. The van der Waals surface area contributed by atoms with Gasteiger partial charge < -0.3 is 19.7 Å². The highest BCUT2D eigenvalue weighted by atomic mass is 32.1. The van der Waals surface area contributed by atoms with E-state index >= 15 is 0 Å². The summed E-state index contributed by atoms with van der Waals surface area (Å²) in [6, 6.07) is 5.37. The lowest BCUT2D eigenvalue weighted by molar-refractivity contribution is -0.0512. The van der Waals surface area contributed by atoms with Crippen molar-refractivity contribution < 1.29 is 18.3 Å². The van der Waals surface area contributed by atoms with Crippen molar-refractivity contribution >= 4 is 17.3 Å². The first kappa shape index (κ1) is 18.7. The molecule has 1 aromatic rings. The van der Waals surface area contributed by atoms with Gasteiger partial charge in [-0.3, -0.25) is 0 Å². The summed E-state index contributed by atoms with van der Waals surface area (Å²) in [5, 5.41) is 4.11. The summed E-state index contributed by atoms with van der Waals surface area (Å²) in [6.45, 7) is -2.32. The van der Waals surface area contributed by atoms with Crippen molar-refractivity contribution in [2.75, 3.05) is 14.2 Å². The Hall–Kier alpha value is -1.63. The van der Waals surface area contributed by atoms with Crippen LogP contribution in [0.1, 0.15) is 37.7 Å². The summed E-state index contributed by atoms with van der Waals surface area (Å²) < 4.78 is 34.3. The monoisotopic (exact) mass is 358 g/mol. The number of rotatable bonds is 6. The van der Waals surface area contributed by atoms with E-state index in [4.69, 9.17) is 17.0 Å². The van der Waals surface area contributed by atoms with Crippen molar-refractivity contribution in [3.63, 3.8) is 0 Å².